The minimum Gasteiger partial charge on any atom is -0.465 e. The van der Waals surface area contributed by atoms with Gasteiger partial charge in [0, 0.05) is 37.7 Å². The maximum Gasteiger partial charge on any atom is 0.407 e. The van der Waals surface area contributed by atoms with Gasteiger partial charge in [-0.1, -0.05) is 23.7 Å². The molecule has 0 aromatic heterocycles. The van der Waals surface area contributed by atoms with E-state index in [4.69, 9.17) is 16.7 Å². The molecule has 34 heavy (non-hydrogen) atoms. The lowest BCUT2D eigenvalue weighted by molar-refractivity contribution is -0.144. The van der Waals surface area contributed by atoms with Crippen LogP contribution in [0.1, 0.15) is 13.3 Å². The van der Waals surface area contributed by atoms with Gasteiger partial charge < -0.3 is 19.8 Å². The van der Waals surface area contributed by atoms with Crippen LogP contribution in [0.3, 0.4) is 0 Å². The number of piperazine rings is 1. The van der Waals surface area contributed by atoms with E-state index in [1.807, 2.05) is 0 Å². The van der Waals surface area contributed by atoms with Gasteiger partial charge in [-0.15, -0.1) is 0 Å². The molecule has 2 saturated heterocycles. The first kappa shape index (κ1) is 24.2. The average Bonchev–Trinajstić information content (AvgIpc) is 3.17. The van der Waals surface area contributed by atoms with Crippen molar-refractivity contribution in [2.45, 2.75) is 30.3 Å². The Morgan fingerprint density at radius 2 is 1.65 bits per heavy atom. The molecule has 0 bridgehead atoms. The number of hydrogen-bond acceptors (Lipinski definition) is 5. The second-order valence-electron chi connectivity index (χ2n) is 8.42. The molecule has 12 heteroatoms. The van der Waals surface area contributed by atoms with E-state index >= 15 is 0 Å². The second-order valence-corrected chi connectivity index (χ2v) is 10.6. The Balaban J connectivity index is 1.41. The monoisotopic (exact) mass is 508 g/mol. The molecule has 0 unspecified atom stereocenters. The first-order chi connectivity index (χ1) is 16.1. The minimum atomic E-state index is -3.97. The summed E-state index contributed by atoms with van der Waals surface area (Å²) >= 11 is 5.98. The van der Waals surface area contributed by atoms with E-state index in [1.165, 1.54) is 26.8 Å². The topological polar surface area (TPSA) is 127 Å². The van der Waals surface area contributed by atoms with E-state index in [1.54, 1.807) is 31.2 Å². The second kappa shape index (κ2) is 9.40. The van der Waals surface area contributed by atoms with Crippen LogP contribution in [0.2, 0.25) is 5.02 Å². The molecule has 0 spiro atoms. The van der Waals surface area contributed by atoms with Gasteiger partial charge in [-0.3, -0.25) is 9.59 Å². The number of halogens is 1. The van der Waals surface area contributed by atoms with Crippen molar-refractivity contribution in [3.63, 3.8) is 0 Å². The summed E-state index contributed by atoms with van der Waals surface area (Å²) in [4.78, 5) is 41.1. The Morgan fingerprint density at radius 3 is 2.32 bits per heavy atom. The van der Waals surface area contributed by atoms with E-state index in [-0.39, 0.29) is 49.9 Å². The van der Waals surface area contributed by atoms with E-state index < -0.39 is 34.1 Å². The zero-order valence-corrected chi connectivity index (χ0v) is 20.1. The third kappa shape index (κ3) is 4.82. The number of likely N-dealkylation sites (tertiary alicyclic amines) is 1. The molecule has 10 nitrogen and oxygen atoms in total. The molecule has 4 rings (SSSR count). The first-order valence-corrected chi connectivity index (χ1v) is 12.7. The number of rotatable bonds is 5. The van der Waals surface area contributed by atoms with E-state index in [0.717, 1.165) is 5.39 Å². The highest BCUT2D eigenvalue weighted by molar-refractivity contribution is 7.89. The standard InChI is InChI=1S/C22H25ClN4O6S/c1-14(20(28)25-8-10-26(11-9-25)22(30)31)27-7-6-19(21(27)29)24-34(32,33)18-5-3-15-12-17(23)4-2-16(15)13-18/h2-5,12-14,19,24H,6-11H2,1H3,(H,30,31)/t14-,19-/m0/s1. The van der Waals surface area contributed by atoms with Crippen molar-refractivity contribution in [1.82, 2.24) is 19.4 Å². The summed E-state index contributed by atoms with van der Waals surface area (Å²) < 4.78 is 28.4. The molecule has 2 atom stereocenters. The summed E-state index contributed by atoms with van der Waals surface area (Å²) in [6, 6.07) is 8.03. The number of benzene rings is 2. The van der Waals surface area contributed by atoms with Gasteiger partial charge >= 0.3 is 6.09 Å². The zero-order valence-electron chi connectivity index (χ0n) is 18.5. The molecule has 2 heterocycles. The molecule has 0 saturated carbocycles. The van der Waals surface area contributed by atoms with Crippen molar-refractivity contribution in [3.05, 3.63) is 41.4 Å². The normalized spacial score (nSPS) is 20.1. The Bertz CT molecular complexity index is 1250. The molecule has 2 fully saturated rings. The van der Waals surface area contributed by atoms with Gasteiger partial charge in [0.05, 0.1) is 4.90 Å². The lowest BCUT2D eigenvalue weighted by atomic mass is 10.1. The Labute approximate surface area is 202 Å². The van der Waals surface area contributed by atoms with Crippen molar-refractivity contribution < 1.29 is 27.9 Å². The summed E-state index contributed by atoms with van der Waals surface area (Å²) in [7, 11) is -3.97. The summed E-state index contributed by atoms with van der Waals surface area (Å²) in [5.74, 6) is -0.740. The number of hydrogen-bond donors (Lipinski definition) is 2. The Morgan fingerprint density at radius 1 is 1.03 bits per heavy atom. The summed E-state index contributed by atoms with van der Waals surface area (Å²) in [5.41, 5.74) is 0. The van der Waals surface area contributed by atoms with Crippen LogP contribution in [0, 0.1) is 0 Å². The summed E-state index contributed by atoms with van der Waals surface area (Å²) in [5, 5.41) is 11.1. The number of carbonyl (C=O) groups excluding carboxylic acids is 2. The molecule has 2 aromatic carbocycles. The first-order valence-electron chi connectivity index (χ1n) is 10.9. The largest absolute Gasteiger partial charge is 0.465 e. The third-order valence-electron chi connectivity index (χ3n) is 6.31. The fraction of sp³-hybridized carbons (Fsp3) is 0.409. The van der Waals surface area contributed by atoms with Crippen LogP contribution in [-0.2, 0) is 19.6 Å². The molecule has 3 amide bonds. The molecule has 0 radical (unpaired) electrons. The molecule has 182 valence electrons. The van der Waals surface area contributed by atoms with Crippen LogP contribution in [-0.4, -0.2) is 90.9 Å². The van der Waals surface area contributed by atoms with Crippen molar-refractivity contribution in [3.8, 4) is 0 Å². The van der Waals surface area contributed by atoms with Gasteiger partial charge in [0.1, 0.15) is 12.1 Å². The number of sulfonamides is 1. The van der Waals surface area contributed by atoms with Crippen molar-refractivity contribution in [2.75, 3.05) is 32.7 Å². The van der Waals surface area contributed by atoms with Crippen LogP contribution < -0.4 is 4.72 Å². The van der Waals surface area contributed by atoms with E-state index in [0.29, 0.717) is 10.4 Å². The average molecular weight is 509 g/mol. The smallest absolute Gasteiger partial charge is 0.407 e. The van der Waals surface area contributed by atoms with E-state index in [2.05, 4.69) is 4.72 Å². The van der Waals surface area contributed by atoms with Crippen LogP contribution in [0.25, 0.3) is 10.8 Å². The summed E-state index contributed by atoms with van der Waals surface area (Å²) in [6.45, 7) is 2.77. The maximum absolute atomic E-state index is 13.0. The SMILES string of the molecule is C[C@@H](C(=O)N1CCN(C(=O)O)CC1)N1CC[C@H](NS(=O)(=O)c2ccc3cc(Cl)ccc3c2)C1=O. The van der Waals surface area contributed by atoms with Gasteiger partial charge in [0.2, 0.25) is 21.8 Å². The quantitative estimate of drug-likeness (QED) is 0.631. The lowest BCUT2D eigenvalue weighted by Gasteiger charge is -2.36. The number of nitrogens with zero attached hydrogens (tertiary/aromatic N) is 3. The minimum absolute atomic E-state index is 0.0361. The van der Waals surface area contributed by atoms with Crippen LogP contribution in [0.15, 0.2) is 41.3 Å². The molecule has 2 aliphatic heterocycles. The number of nitrogens with one attached hydrogen (secondary N) is 1. The Hall–Kier alpha value is -2.89. The van der Waals surface area contributed by atoms with E-state index in [9.17, 15) is 22.8 Å². The van der Waals surface area contributed by atoms with Gasteiger partial charge in [-0.2, -0.15) is 4.72 Å². The number of amides is 3. The molecule has 2 aromatic rings. The van der Waals surface area contributed by atoms with Crippen molar-refractivity contribution in [2.24, 2.45) is 0 Å². The van der Waals surface area contributed by atoms with Crippen molar-refractivity contribution in [1.29, 1.82) is 0 Å². The predicted molar refractivity (Wildman–Crippen MR) is 125 cm³/mol. The highest BCUT2D eigenvalue weighted by atomic mass is 35.5. The van der Waals surface area contributed by atoms with Crippen LogP contribution >= 0.6 is 11.6 Å². The number of carbonyl (C=O) groups is 3. The fourth-order valence-corrected chi connectivity index (χ4v) is 5.77. The lowest BCUT2D eigenvalue weighted by Crippen LogP contribution is -2.55. The molecular formula is C22H25ClN4O6S. The highest BCUT2D eigenvalue weighted by Crippen LogP contribution is 2.24. The van der Waals surface area contributed by atoms with Crippen molar-refractivity contribution >= 4 is 50.3 Å². The number of fused-ring (bicyclic) bond motifs is 1. The Kier molecular flexibility index (Phi) is 6.70. The molecular weight excluding hydrogens is 484 g/mol. The van der Waals surface area contributed by atoms with Gasteiger partial charge in [-0.25, -0.2) is 13.2 Å². The maximum atomic E-state index is 13.0. The van der Waals surface area contributed by atoms with Gasteiger partial charge in [-0.05, 0) is 48.4 Å². The third-order valence-corrected chi connectivity index (χ3v) is 8.01. The molecule has 2 aliphatic rings. The predicted octanol–water partition coefficient (Wildman–Crippen LogP) is 1.58. The number of carboxylic acid groups (broad SMARTS) is 1. The summed E-state index contributed by atoms with van der Waals surface area (Å²) in [6.07, 6.45) is -0.786. The zero-order chi connectivity index (χ0) is 24.6. The fourth-order valence-electron chi connectivity index (χ4n) is 4.33. The highest BCUT2D eigenvalue weighted by Gasteiger charge is 2.40. The van der Waals surface area contributed by atoms with Crippen LogP contribution in [0.5, 0.6) is 0 Å². The molecule has 2 N–H and O–H groups in total. The molecule has 0 aliphatic carbocycles. The van der Waals surface area contributed by atoms with Gasteiger partial charge in [0.15, 0.2) is 0 Å². The van der Waals surface area contributed by atoms with Crippen LogP contribution in [0.4, 0.5) is 4.79 Å². The van der Waals surface area contributed by atoms with Gasteiger partial charge in [0.25, 0.3) is 0 Å².